The Morgan fingerprint density at radius 3 is 2.67 bits per heavy atom. The monoisotopic (exact) mass is 444 g/mol. The molecule has 3 aromatic rings. The molecular formula is C26H28N4O3. The Balaban J connectivity index is 1.17. The van der Waals surface area contributed by atoms with E-state index >= 15 is 0 Å². The highest BCUT2D eigenvalue weighted by molar-refractivity contribution is 5.94. The second kappa shape index (κ2) is 9.29. The van der Waals surface area contributed by atoms with E-state index in [0.29, 0.717) is 30.4 Å². The van der Waals surface area contributed by atoms with Gasteiger partial charge in [0.1, 0.15) is 11.9 Å². The zero-order valence-electron chi connectivity index (χ0n) is 18.4. The molecule has 1 aromatic heterocycles. The van der Waals surface area contributed by atoms with Gasteiger partial charge in [-0.15, -0.1) is 0 Å². The van der Waals surface area contributed by atoms with Crippen LogP contribution in [-0.2, 0) is 17.6 Å². The van der Waals surface area contributed by atoms with E-state index in [-0.39, 0.29) is 17.5 Å². The van der Waals surface area contributed by atoms with E-state index in [2.05, 4.69) is 15.6 Å². The summed E-state index contributed by atoms with van der Waals surface area (Å²) in [6, 6.07) is 18.9. The lowest BCUT2D eigenvalue weighted by Crippen LogP contribution is -2.35. The lowest BCUT2D eigenvalue weighted by Gasteiger charge is -2.20. The van der Waals surface area contributed by atoms with Crippen molar-refractivity contribution in [1.29, 1.82) is 0 Å². The molecule has 0 radical (unpaired) electrons. The smallest absolute Gasteiger partial charge is 0.254 e. The number of aryl methyl sites for hydroxylation is 1. The maximum absolute atomic E-state index is 12.8. The van der Waals surface area contributed by atoms with Crippen LogP contribution in [0.3, 0.4) is 0 Å². The van der Waals surface area contributed by atoms with Crippen molar-refractivity contribution in [3.05, 3.63) is 94.2 Å². The van der Waals surface area contributed by atoms with Crippen LogP contribution < -0.4 is 16.2 Å². The number of hydrogen-bond donors (Lipinski definition) is 3. The largest absolute Gasteiger partial charge is 0.387 e. The first-order chi connectivity index (χ1) is 16.1. The summed E-state index contributed by atoms with van der Waals surface area (Å²) in [7, 11) is 0. The van der Waals surface area contributed by atoms with Gasteiger partial charge in [0, 0.05) is 36.5 Å². The molecule has 0 unspecified atom stereocenters. The van der Waals surface area contributed by atoms with E-state index in [1.54, 1.807) is 0 Å². The highest BCUT2D eigenvalue weighted by Gasteiger charge is 2.31. The summed E-state index contributed by atoms with van der Waals surface area (Å²) in [6.07, 6.45) is 5.02. The van der Waals surface area contributed by atoms with Gasteiger partial charge >= 0.3 is 0 Å². The van der Waals surface area contributed by atoms with Gasteiger partial charge in [0.05, 0.1) is 6.10 Å². The van der Waals surface area contributed by atoms with E-state index in [1.807, 2.05) is 54.6 Å². The van der Waals surface area contributed by atoms with Crippen LogP contribution in [0.2, 0.25) is 0 Å². The molecule has 1 fully saturated rings. The third-order valence-electron chi connectivity index (χ3n) is 6.71. The highest BCUT2D eigenvalue weighted by Crippen LogP contribution is 2.27. The maximum atomic E-state index is 12.8. The molecule has 0 saturated carbocycles. The van der Waals surface area contributed by atoms with Gasteiger partial charge in [0.25, 0.3) is 5.56 Å². The predicted octanol–water partition coefficient (Wildman–Crippen LogP) is 2.77. The number of rotatable bonds is 6. The molecule has 7 nitrogen and oxygen atoms in total. The van der Waals surface area contributed by atoms with E-state index < -0.39 is 12.1 Å². The van der Waals surface area contributed by atoms with Gasteiger partial charge in [0.15, 0.2) is 0 Å². The molecule has 5 rings (SSSR count). The molecule has 170 valence electrons. The Kier molecular flexibility index (Phi) is 6.07. The average Bonchev–Trinajstić information content (AvgIpc) is 3.49. The van der Waals surface area contributed by atoms with Crippen molar-refractivity contribution in [3.63, 3.8) is 0 Å². The zero-order chi connectivity index (χ0) is 22.8. The third-order valence-corrected chi connectivity index (χ3v) is 6.71. The van der Waals surface area contributed by atoms with Crippen molar-refractivity contribution < 1.29 is 9.90 Å². The fraction of sp³-hybridized carbons (Fsp3) is 0.346. The molecule has 0 aliphatic carbocycles. The molecule has 33 heavy (non-hydrogen) atoms. The molecule has 0 bridgehead atoms. The number of aliphatic hydroxyl groups excluding tert-OH is 1. The van der Waals surface area contributed by atoms with Crippen LogP contribution in [0, 0.1) is 0 Å². The van der Waals surface area contributed by atoms with E-state index in [1.165, 1.54) is 22.4 Å². The van der Waals surface area contributed by atoms with Gasteiger partial charge in [-0.2, -0.15) is 0 Å². The second-order valence-electron chi connectivity index (χ2n) is 8.92. The Morgan fingerprint density at radius 2 is 1.88 bits per heavy atom. The van der Waals surface area contributed by atoms with Gasteiger partial charge in [-0.3, -0.25) is 14.2 Å². The van der Waals surface area contributed by atoms with Gasteiger partial charge < -0.3 is 15.7 Å². The van der Waals surface area contributed by atoms with Crippen molar-refractivity contribution in [2.75, 3.05) is 5.32 Å². The first kappa shape index (κ1) is 21.6. The molecule has 4 atom stereocenters. The number of amides is 1. The van der Waals surface area contributed by atoms with Crippen LogP contribution in [0.25, 0.3) is 0 Å². The number of benzene rings is 2. The van der Waals surface area contributed by atoms with Crippen LogP contribution in [0.15, 0.2) is 71.7 Å². The molecular weight excluding hydrogens is 416 g/mol. The van der Waals surface area contributed by atoms with E-state index in [4.69, 9.17) is 0 Å². The summed E-state index contributed by atoms with van der Waals surface area (Å²) in [5.41, 5.74) is 2.64. The van der Waals surface area contributed by atoms with Crippen LogP contribution in [-0.4, -0.2) is 32.6 Å². The summed E-state index contributed by atoms with van der Waals surface area (Å²) in [4.78, 5) is 29.1. The summed E-state index contributed by atoms with van der Waals surface area (Å²) < 4.78 is 1.50. The van der Waals surface area contributed by atoms with Crippen LogP contribution in [0.4, 0.5) is 5.69 Å². The first-order valence-corrected chi connectivity index (χ1v) is 11.5. The van der Waals surface area contributed by atoms with Crippen molar-refractivity contribution >= 4 is 11.6 Å². The van der Waals surface area contributed by atoms with Crippen LogP contribution in [0.1, 0.15) is 48.4 Å². The van der Waals surface area contributed by atoms with Crippen molar-refractivity contribution in [1.82, 2.24) is 14.9 Å². The molecule has 2 aliphatic heterocycles. The molecule has 7 heteroatoms. The average molecular weight is 445 g/mol. The molecule has 0 spiro atoms. The normalized spacial score (nSPS) is 22.6. The van der Waals surface area contributed by atoms with Crippen molar-refractivity contribution in [2.24, 2.45) is 0 Å². The molecule has 2 aliphatic rings. The fourth-order valence-corrected chi connectivity index (χ4v) is 5.00. The zero-order valence-corrected chi connectivity index (χ0v) is 18.4. The molecule has 2 aromatic carbocycles. The number of aliphatic hydroxyl groups is 1. The minimum atomic E-state index is -0.517. The van der Waals surface area contributed by atoms with E-state index in [9.17, 15) is 14.7 Å². The number of nitrogens with zero attached hydrogens (tertiary/aromatic N) is 2. The summed E-state index contributed by atoms with van der Waals surface area (Å²) in [6.45, 7) is 0. The van der Waals surface area contributed by atoms with Crippen LogP contribution in [0.5, 0.6) is 0 Å². The number of nitrogens with one attached hydrogen (secondary N) is 2. The Hall–Kier alpha value is -3.29. The fourth-order valence-electron chi connectivity index (χ4n) is 5.00. The number of carbonyl (C=O) groups is 1. The van der Waals surface area contributed by atoms with Gasteiger partial charge in [0.2, 0.25) is 5.91 Å². The lowest BCUT2D eigenvalue weighted by molar-refractivity contribution is -0.119. The number of anilines is 1. The second-order valence-corrected chi connectivity index (χ2v) is 8.92. The number of aromatic nitrogens is 2. The summed E-state index contributed by atoms with van der Waals surface area (Å²) in [5, 5.41) is 17.2. The number of carbonyl (C=O) groups excluding carboxylic acids is 1. The summed E-state index contributed by atoms with van der Waals surface area (Å²) in [5.74, 6) is 0.476. The molecule has 3 heterocycles. The van der Waals surface area contributed by atoms with Crippen molar-refractivity contribution in [2.45, 2.75) is 56.3 Å². The highest BCUT2D eigenvalue weighted by atomic mass is 16.3. The Labute approximate surface area is 192 Å². The van der Waals surface area contributed by atoms with E-state index in [0.717, 1.165) is 24.8 Å². The standard InChI is InChI=1S/C26H28N4O3/c31-24-14-15-27-23-13-12-22(30(23)24)26(33)29-19-8-6-17(7-9-19)16-20-10-11-21(28-20)25(32)18-4-2-1-3-5-18/h1-9,14-15,20-22,25,28,32H,10-13,16H2,(H,29,33)/t20-,21-,22-,25-/m0/s1. The molecule has 1 amide bonds. The maximum Gasteiger partial charge on any atom is 0.254 e. The Morgan fingerprint density at radius 1 is 1.09 bits per heavy atom. The first-order valence-electron chi connectivity index (χ1n) is 11.5. The van der Waals surface area contributed by atoms with Gasteiger partial charge in [-0.25, -0.2) is 4.98 Å². The Bertz CT molecular complexity index is 1180. The minimum Gasteiger partial charge on any atom is -0.387 e. The number of hydrogen-bond acceptors (Lipinski definition) is 5. The SMILES string of the molecule is O=C(Nc1ccc(C[C@@H]2CC[C@@H]([C@@H](O)c3ccccc3)N2)cc1)[C@@H]1CCc2nccc(=O)n21. The topological polar surface area (TPSA) is 96.2 Å². The molecule has 1 saturated heterocycles. The number of fused-ring (bicyclic) bond motifs is 1. The quantitative estimate of drug-likeness (QED) is 0.543. The third kappa shape index (κ3) is 4.60. The van der Waals surface area contributed by atoms with Crippen molar-refractivity contribution in [3.8, 4) is 0 Å². The lowest BCUT2D eigenvalue weighted by atomic mass is 10.0. The summed E-state index contributed by atoms with van der Waals surface area (Å²) >= 11 is 0. The minimum absolute atomic E-state index is 0.0585. The van der Waals surface area contributed by atoms with Crippen LogP contribution >= 0.6 is 0 Å². The van der Waals surface area contributed by atoms with Gasteiger partial charge in [-0.05, 0) is 48.9 Å². The van der Waals surface area contributed by atoms with Gasteiger partial charge in [-0.1, -0.05) is 42.5 Å². The molecule has 3 N–H and O–H groups in total. The predicted molar refractivity (Wildman–Crippen MR) is 126 cm³/mol.